The summed E-state index contributed by atoms with van der Waals surface area (Å²) in [6.45, 7) is 10.3. The molecule has 0 radical (unpaired) electrons. The molecule has 2 aromatic rings. The summed E-state index contributed by atoms with van der Waals surface area (Å²) in [5.41, 5.74) is 3.08. The maximum atomic E-state index is 12.5. The highest BCUT2D eigenvalue weighted by Gasteiger charge is 2.17. The van der Waals surface area contributed by atoms with Crippen LogP contribution in [0.3, 0.4) is 0 Å². The third-order valence-corrected chi connectivity index (χ3v) is 4.26. The largest absolute Gasteiger partial charge is 0.492 e. The summed E-state index contributed by atoms with van der Waals surface area (Å²) in [4.78, 5) is 14.2. The van der Waals surface area contributed by atoms with Crippen LogP contribution in [0, 0.1) is 19.8 Å². The molecule has 5 heteroatoms. The lowest BCUT2D eigenvalue weighted by molar-refractivity contribution is -0.129. The molecule has 0 bridgehead atoms. The number of benzene rings is 1. The zero-order valence-corrected chi connectivity index (χ0v) is 16.0. The molecule has 25 heavy (non-hydrogen) atoms. The van der Waals surface area contributed by atoms with Crippen LogP contribution in [-0.4, -0.2) is 40.8 Å². The van der Waals surface area contributed by atoms with Crippen LogP contribution < -0.4 is 4.74 Å². The minimum Gasteiger partial charge on any atom is -0.492 e. The predicted octanol–water partition coefficient (Wildman–Crippen LogP) is 3.24. The van der Waals surface area contributed by atoms with Crippen molar-refractivity contribution in [2.75, 3.05) is 20.2 Å². The van der Waals surface area contributed by atoms with Gasteiger partial charge in [0.1, 0.15) is 12.4 Å². The van der Waals surface area contributed by atoms with Gasteiger partial charge in [-0.25, -0.2) is 0 Å². The van der Waals surface area contributed by atoms with Crippen LogP contribution in [0.25, 0.3) is 0 Å². The number of hydrogen-bond donors (Lipinski definition) is 0. The van der Waals surface area contributed by atoms with E-state index in [1.165, 1.54) is 0 Å². The number of aryl methyl sites for hydroxylation is 1. The highest BCUT2D eigenvalue weighted by atomic mass is 16.5. The number of carbonyl (C=O) groups excluding carboxylic acids is 1. The number of likely N-dealkylation sites (N-methyl/N-ethyl adjacent to an activating group) is 1. The number of para-hydroxylation sites is 1. The molecule has 1 amide bonds. The lowest BCUT2D eigenvalue weighted by Crippen LogP contribution is -2.32. The molecule has 0 spiro atoms. The Hall–Kier alpha value is -2.30. The first-order valence-electron chi connectivity index (χ1n) is 8.83. The number of ether oxygens (including phenoxy) is 1. The summed E-state index contributed by atoms with van der Waals surface area (Å²) < 4.78 is 7.68. The average molecular weight is 343 g/mol. The van der Waals surface area contributed by atoms with Gasteiger partial charge in [-0.05, 0) is 31.9 Å². The highest BCUT2D eigenvalue weighted by Crippen LogP contribution is 2.16. The normalized spacial score (nSPS) is 11.0. The molecule has 1 aromatic carbocycles. The van der Waals surface area contributed by atoms with Gasteiger partial charge < -0.3 is 9.64 Å². The Balaban J connectivity index is 1.89. The molecular weight excluding hydrogens is 314 g/mol. The van der Waals surface area contributed by atoms with Crippen molar-refractivity contribution >= 4 is 5.91 Å². The Morgan fingerprint density at radius 2 is 1.92 bits per heavy atom. The van der Waals surface area contributed by atoms with Crippen molar-refractivity contribution in [2.24, 2.45) is 5.92 Å². The molecule has 0 saturated heterocycles. The van der Waals surface area contributed by atoms with Crippen LogP contribution in [-0.2, 0) is 17.8 Å². The van der Waals surface area contributed by atoms with Gasteiger partial charge in [-0.2, -0.15) is 5.10 Å². The van der Waals surface area contributed by atoms with E-state index >= 15 is 0 Å². The quantitative estimate of drug-likeness (QED) is 0.739. The smallest absolute Gasteiger partial charge is 0.226 e. The fourth-order valence-corrected chi connectivity index (χ4v) is 2.74. The molecule has 1 heterocycles. The Labute approximate surface area is 150 Å². The Bertz CT molecular complexity index is 692. The Morgan fingerprint density at radius 1 is 1.24 bits per heavy atom. The van der Waals surface area contributed by atoms with Crippen molar-refractivity contribution in [2.45, 2.75) is 40.7 Å². The van der Waals surface area contributed by atoms with E-state index in [9.17, 15) is 4.79 Å². The maximum Gasteiger partial charge on any atom is 0.226 e. The van der Waals surface area contributed by atoms with E-state index in [1.807, 2.05) is 55.9 Å². The standard InChI is InChI=1S/C20H29N3O2/c1-15(2)14-23-17(4)19(16(3)21-23)13-20(24)22(5)11-12-25-18-9-7-6-8-10-18/h6-10,15H,11-14H2,1-5H3. The van der Waals surface area contributed by atoms with Gasteiger partial charge in [0.2, 0.25) is 5.91 Å². The third-order valence-electron chi connectivity index (χ3n) is 4.26. The van der Waals surface area contributed by atoms with Crippen LogP contribution in [0.2, 0.25) is 0 Å². The topological polar surface area (TPSA) is 47.4 Å². The van der Waals surface area contributed by atoms with Crippen molar-refractivity contribution in [3.8, 4) is 5.75 Å². The summed E-state index contributed by atoms with van der Waals surface area (Å²) in [6, 6.07) is 9.65. The van der Waals surface area contributed by atoms with Crippen molar-refractivity contribution in [1.29, 1.82) is 0 Å². The minimum absolute atomic E-state index is 0.0898. The van der Waals surface area contributed by atoms with E-state index in [1.54, 1.807) is 4.90 Å². The molecule has 0 saturated carbocycles. The molecule has 0 aliphatic heterocycles. The zero-order valence-electron chi connectivity index (χ0n) is 16.0. The van der Waals surface area contributed by atoms with E-state index in [4.69, 9.17) is 4.74 Å². The van der Waals surface area contributed by atoms with Crippen LogP contribution >= 0.6 is 0 Å². The molecule has 136 valence electrons. The molecule has 0 fully saturated rings. The summed E-state index contributed by atoms with van der Waals surface area (Å²) >= 11 is 0. The maximum absolute atomic E-state index is 12.5. The van der Waals surface area contributed by atoms with Crippen molar-refractivity contribution in [3.63, 3.8) is 0 Å². The van der Waals surface area contributed by atoms with E-state index < -0.39 is 0 Å². The number of aromatic nitrogens is 2. The second-order valence-corrected chi connectivity index (χ2v) is 6.88. The second kappa shape index (κ2) is 8.70. The van der Waals surface area contributed by atoms with Gasteiger partial charge in [0, 0.05) is 24.8 Å². The molecular formula is C20H29N3O2. The second-order valence-electron chi connectivity index (χ2n) is 6.88. The van der Waals surface area contributed by atoms with Crippen LogP contribution in [0.1, 0.15) is 30.8 Å². The molecule has 2 rings (SSSR count). The molecule has 0 atom stereocenters. The number of amides is 1. The average Bonchev–Trinajstić information content (AvgIpc) is 2.82. The van der Waals surface area contributed by atoms with Crippen molar-refractivity contribution in [1.82, 2.24) is 14.7 Å². The summed E-state index contributed by atoms with van der Waals surface area (Å²) in [6.07, 6.45) is 0.387. The fraction of sp³-hybridized carbons (Fsp3) is 0.500. The van der Waals surface area contributed by atoms with Crippen LogP contribution in [0.4, 0.5) is 0 Å². The molecule has 5 nitrogen and oxygen atoms in total. The minimum atomic E-state index is 0.0898. The lowest BCUT2D eigenvalue weighted by atomic mass is 10.1. The van der Waals surface area contributed by atoms with E-state index in [2.05, 4.69) is 18.9 Å². The number of carbonyl (C=O) groups is 1. The SMILES string of the molecule is Cc1nn(CC(C)C)c(C)c1CC(=O)N(C)CCOc1ccccc1. The van der Waals surface area contributed by atoms with E-state index in [0.717, 1.165) is 29.2 Å². The van der Waals surface area contributed by atoms with Gasteiger partial charge in [0.05, 0.1) is 18.7 Å². The summed E-state index contributed by atoms with van der Waals surface area (Å²) in [5, 5.41) is 4.59. The van der Waals surface area contributed by atoms with E-state index in [0.29, 0.717) is 25.5 Å². The highest BCUT2D eigenvalue weighted by molar-refractivity contribution is 5.79. The van der Waals surface area contributed by atoms with Gasteiger partial charge in [0.25, 0.3) is 0 Å². The Kier molecular flexibility index (Phi) is 6.62. The van der Waals surface area contributed by atoms with Gasteiger partial charge >= 0.3 is 0 Å². The fourth-order valence-electron chi connectivity index (χ4n) is 2.74. The van der Waals surface area contributed by atoms with E-state index in [-0.39, 0.29) is 5.91 Å². The first kappa shape index (κ1) is 19.0. The zero-order chi connectivity index (χ0) is 18.4. The third kappa shape index (κ3) is 5.34. The molecule has 1 aromatic heterocycles. The molecule has 0 aliphatic carbocycles. The number of rotatable bonds is 8. The molecule has 0 aliphatic rings. The van der Waals surface area contributed by atoms with Crippen molar-refractivity contribution < 1.29 is 9.53 Å². The van der Waals surface area contributed by atoms with Gasteiger partial charge in [-0.1, -0.05) is 32.0 Å². The first-order valence-corrected chi connectivity index (χ1v) is 8.83. The molecule has 0 N–H and O–H groups in total. The van der Waals surface area contributed by atoms with Crippen molar-refractivity contribution in [3.05, 3.63) is 47.3 Å². The predicted molar refractivity (Wildman–Crippen MR) is 99.8 cm³/mol. The monoisotopic (exact) mass is 343 g/mol. The lowest BCUT2D eigenvalue weighted by Gasteiger charge is -2.18. The summed E-state index contributed by atoms with van der Waals surface area (Å²) in [5.74, 6) is 1.44. The Morgan fingerprint density at radius 3 is 2.56 bits per heavy atom. The number of nitrogens with zero attached hydrogens (tertiary/aromatic N) is 3. The summed E-state index contributed by atoms with van der Waals surface area (Å²) in [7, 11) is 1.82. The molecule has 0 unspecified atom stereocenters. The van der Waals surface area contributed by atoms with Crippen LogP contribution in [0.15, 0.2) is 30.3 Å². The van der Waals surface area contributed by atoms with Gasteiger partial charge in [-0.3, -0.25) is 9.48 Å². The first-order chi connectivity index (χ1) is 11.9. The van der Waals surface area contributed by atoms with Crippen LogP contribution in [0.5, 0.6) is 5.75 Å². The van der Waals surface area contributed by atoms with Gasteiger partial charge in [0.15, 0.2) is 0 Å². The number of hydrogen-bond acceptors (Lipinski definition) is 3. The van der Waals surface area contributed by atoms with Gasteiger partial charge in [-0.15, -0.1) is 0 Å².